The lowest BCUT2D eigenvalue weighted by molar-refractivity contribution is -0.144. The van der Waals surface area contributed by atoms with Crippen LogP contribution in [0.4, 0.5) is 0 Å². The zero-order chi connectivity index (χ0) is 14.7. The van der Waals surface area contributed by atoms with E-state index < -0.39 is 12.0 Å². The van der Waals surface area contributed by atoms with Crippen LogP contribution in [0.1, 0.15) is 19.4 Å². The second-order valence-electron chi connectivity index (χ2n) is 3.49. The van der Waals surface area contributed by atoms with Crippen LogP contribution in [0.5, 0.6) is 5.75 Å². The van der Waals surface area contributed by atoms with Crippen LogP contribution in [0, 0.1) is 0 Å². The summed E-state index contributed by atoms with van der Waals surface area (Å²) in [6, 6.07) is 6.75. The van der Waals surface area contributed by atoms with Crippen molar-refractivity contribution in [1.29, 1.82) is 0 Å². The van der Waals surface area contributed by atoms with Crippen LogP contribution in [-0.2, 0) is 16.1 Å². The standard InChI is InChI=1S/C12H17NO4.C2H6/c1-16-10-5-3-9(4-6-10)7-13-11(8-14)12(15)17-2;1-2/h3-6,11,13-14H,7-8H2,1-2H3;1-2H3/t11-;/m0./s1. The predicted molar refractivity (Wildman–Crippen MR) is 74.1 cm³/mol. The van der Waals surface area contributed by atoms with E-state index in [1.54, 1.807) is 7.11 Å². The summed E-state index contributed by atoms with van der Waals surface area (Å²) >= 11 is 0. The average molecular weight is 269 g/mol. The van der Waals surface area contributed by atoms with Gasteiger partial charge in [-0.25, -0.2) is 0 Å². The van der Waals surface area contributed by atoms with Crippen molar-refractivity contribution in [3.63, 3.8) is 0 Å². The van der Waals surface area contributed by atoms with Gasteiger partial charge in [-0.05, 0) is 17.7 Å². The summed E-state index contributed by atoms with van der Waals surface area (Å²) in [7, 11) is 2.90. The summed E-state index contributed by atoms with van der Waals surface area (Å²) < 4.78 is 9.58. The van der Waals surface area contributed by atoms with Gasteiger partial charge in [-0.15, -0.1) is 0 Å². The van der Waals surface area contributed by atoms with Gasteiger partial charge in [0.25, 0.3) is 0 Å². The number of benzene rings is 1. The largest absolute Gasteiger partial charge is 0.497 e. The number of hydrogen-bond donors (Lipinski definition) is 2. The molecule has 0 saturated heterocycles. The number of methoxy groups -OCH3 is 2. The minimum Gasteiger partial charge on any atom is -0.497 e. The van der Waals surface area contributed by atoms with Crippen LogP contribution in [0.25, 0.3) is 0 Å². The van der Waals surface area contributed by atoms with Crippen molar-refractivity contribution in [3.05, 3.63) is 29.8 Å². The molecule has 0 aliphatic carbocycles. The number of aliphatic hydroxyl groups is 1. The first-order chi connectivity index (χ1) is 9.21. The molecule has 108 valence electrons. The molecule has 0 bridgehead atoms. The number of hydrogen-bond acceptors (Lipinski definition) is 5. The quantitative estimate of drug-likeness (QED) is 0.763. The monoisotopic (exact) mass is 269 g/mol. The number of aliphatic hydroxyl groups excluding tert-OH is 1. The second kappa shape index (κ2) is 10.3. The van der Waals surface area contributed by atoms with Gasteiger partial charge >= 0.3 is 5.97 Å². The van der Waals surface area contributed by atoms with E-state index in [1.165, 1.54) is 7.11 Å². The van der Waals surface area contributed by atoms with Crippen LogP contribution in [0.3, 0.4) is 0 Å². The Hall–Kier alpha value is -1.59. The fourth-order valence-corrected chi connectivity index (χ4v) is 1.35. The van der Waals surface area contributed by atoms with Gasteiger partial charge < -0.3 is 14.6 Å². The molecule has 1 rings (SSSR count). The number of carbonyl (C=O) groups excluding carboxylic acids is 1. The summed E-state index contributed by atoms with van der Waals surface area (Å²) in [6.45, 7) is 4.19. The van der Waals surface area contributed by atoms with Crippen molar-refractivity contribution in [1.82, 2.24) is 5.32 Å². The zero-order valence-corrected chi connectivity index (χ0v) is 12.0. The van der Waals surface area contributed by atoms with Crippen molar-refractivity contribution < 1.29 is 19.4 Å². The van der Waals surface area contributed by atoms with Gasteiger partial charge in [0.15, 0.2) is 0 Å². The Morgan fingerprint density at radius 1 is 1.26 bits per heavy atom. The SMILES string of the molecule is CC.COC(=O)[C@H](CO)NCc1ccc(OC)cc1. The summed E-state index contributed by atoms with van der Waals surface area (Å²) in [4.78, 5) is 11.2. The lowest BCUT2D eigenvalue weighted by Crippen LogP contribution is -2.40. The molecule has 2 N–H and O–H groups in total. The first kappa shape index (κ1) is 17.4. The molecule has 0 spiro atoms. The Balaban J connectivity index is 0.00000154. The predicted octanol–water partition coefficient (Wildman–Crippen LogP) is 1.34. The van der Waals surface area contributed by atoms with Crippen molar-refractivity contribution in [2.24, 2.45) is 0 Å². The number of nitrogens with one attached hydrogen (secondary N) is 1. The first-order valence-corrected chi connectivity index (χ1v) is 6.26. The van der Waals surface area contributed by atoms with E-state index in [0.29, 0.717) is 6.54 Å². The minimum absolute atomic E-state index is 0.289. The van der Waals surface area contributed by atoms with Crippen LogP contribution in [0.2, 0.25) is 0 Å². The van der Waals surface area contributed by atoms with Crippen molar-refractivity contribution in [2.75, 3.05) is 20.8 Å². The van der Waals surface area contributed by atoms with Gasteiger partial charge in [0.2, 0.25) is 0 Å². The number of carbonyl (C=O) groups is 1. The third-order valence-corrected chi connectivity index (χ3v) is 2.38. The maximum absolute atomic E-state index is 11.2. The third kappa shape index (κ3) is 6.22. The second-order valence-corrected chi connectivity index (χ2v) is 3.49. The molecule has 0 amide bonds. The molecule has 1 aromatic rings. The Morgan fingerprint density at radius 3 is 2.26 bits per heavy atom. The molecule has 0 unspecified atom stereocenters. The molecule has 19 heavy (non-hydrogen) atoms. The summed E-state index contributed by atoms with van der Waals surface area (Å²) in [5.74, 6) is 0.307. The van der Waals surface area contributed by atoms with Crippen LogP contribution in [-0.4, -0.2) is 37.9 Å². The van der Waals surface area contributed by atoms with Crippen molar-refractivity contribution in [3.8, 4) is 5.75 Å². The fraction of sp³-hybridized carbons (Fsp3) is 0.500. The highest BCUT2D eigenvalue weighted by atomic mass is 16.5. The van der Waals surface area contributed by atoms with Crippen LogP contribution in [0.15, 0.2) is 24.3 Å². The molecule has 5 nitrogen and oxygen atoms in total. The molecular weight excluding hydrogens is 246 g/mol. The van der Waals surface area contributed by atoms with Crippen molar-refractivity contribution >= 4 is 5.97 Å². The van der Waals surface area contributed by atoms with Crippen LogP contribution >= 0.6 is 0 Å². The number of rotatable bonds is 6. The van der Waals surface area contributed by atoms with E-state index in [-0.39, 0.29) is 6.61 Å². The molecule has 0 aliphatic heterocycles. The van der Waals surface area contributed by atoms with Crippen LogP contribution < -0.4 is 10.1 Å². The summed E-state index contributed by atoms with van der Waals surface area (Å²) in [5, 5.41) is 11.9. The smallest absolute Gasteiger partial charge is 0.325 e. The summed E-state index contributed by atoms with van der Waals surface area (Å²) in [6.07, 6.45) is 0. The first-order valence-electron chi connectivity index (χ1n) is 6.26. The molecule has 0 fully saturated rings. The van der Waals surface area contributed by atoms with Gasteiger partial charge in [-0.1, -0.05) is 26.0 Å². The highest BCUT2D eigenvalue weighted by molar-refractivity contribution is 5.75. The normalized spacial score (nSPS) is 11.0. The van der Waals surface area contributed by atoms with Crippen molar-refractivity contribution in [2.45, 2.75) is 26.4 Å². The summed E-state index contributed by atoms with van der Waals surface area (Å²) in [5.41, 5.74) is 0.994. The van der Waals surface area contributed by atoms with Gasteiger partial charge in [0, 0.05) is 6.54 Å². The van der Waals surface area contributed by atoms with E-state index in [1.807, 2.05) is 38.1 Å². The van der Waals surface area contributed by atoms with E-state index in [4.69, 9.17) is 9.84 Å². The molecule has 0 saturated carbocycles. The van der Waals surface area contributed by atoms with E-state index in [2.05, 4.69) is 10.1 Å². The number of esters is 1. The average Bonchev–Trinajstić information content (AvgIpc) is 2.50. The lowest BCUT2D eigenvalue weighted by atomic mass is 10.2. The lowest BCUT2D eigenvalue weighted by Gasteiger charge is -2.13. The maximum atomic E-state index is 11.2. The molecule has 0 heterocycles. The topological polar surface area (TPSA) is 67.8 Å². The fourth-order valence-electron chi connectivity index (χ4n) is 1.35. The maximum Gasteiger partial charge on any atom is 0.325 e. The van der Waals surface area contributed by atoms with Gasteiger partial charge in [0.05, 0.1) is 20.8 Å². The molecule has 0 aliphatic rings. The molecule has 0 radical (unpaired) electrons. The zero-order valence-electron chi connectivity index (χ0n) is 12.0. The van der Waals surface area contributed by atoms with Gasteiger partial charge in [0.1, 0.15) is 11.8 Å². The highest BCUT2D eigenvalue weighted by Crippen LogP contribution is 2.11. The van der Waals surface area contributed by atoms with Gasteiger partial charge in [-0.3, -0.25) is 10.1 Å². The number of ether oxygens (including phenoxy) is 2. The molecule has 0 aromatic heterocycles. The minimum atomic E-state index is -0.692. The Morgan fingerprint density at radius 2 is 1.84 bits per heavy atom. The molecular formula is C14H23NO4. The van der Waals surface area contributed by atoms with E-state index in [0.717, 1.165) is 11.3 Å². The molecule has 1 atom stereocenters. The van der Waals surface area contributed by atoms with E-state index in [9.17, 15) is 4.79 Å². The Kier molecular flexibility index (Phi) is 9.48. The van der Waals surface area contributed by atoms with E-state index >= 15 is 0 Å². The van der Waals surface area contributed by atoms with Gasteiger partial charge in [-0.2, -0.15) is 0 Å². The highest BCUT2D eigenvalue weighted by Gasteiger charge is 2.16. The molecule has 5 heteroatoms. The third-order valence-electron chi connectivity index (χ3n) is 2.38. The molecule has 1 aromatic carbocycles. The Labute approximate surface area is 114 Å². The Bertz CT molecular complexity index is 351.